The number of hydrogen-bond donors (Lipinski definition) is 1. The van der Waals surface area contributed by atoms with E-state index in [0.29, 0.717) is 32.5 Å². The van der Waals surface area contributed by atoms with Crippen molar-refractivity contribution in [3.05, 3.63) is 57.8 Å². The first-order valence-corrected chi connectivity index (χ1v) is 11.7. The average molecular weight is 407 g/mol. The van der Waals surface area contributed by atoms with Crippen LogP contribution in [0.25, 0.3) is 0 Å². The normalized spacial score (nSPS) is 17.6. The van der Waals surface area contributed by atoms with Crippen LogP contribution in [-0.4, -0.2) is 37.5 Å². The van der Waals surface area contributed by atoms with E-state index in [4.69, 9.17) is 0 Å². The first-order chi connectivity index (χ1) is 12.9. The Morgan fingerprint density at radius 2 is 1.85 bits per heavy atom. The van der Waals surface area contributed by atoms with E-state index in [1.165, 1.54) is 9.87 Å². The predicted octanol–water partition coefficient (Wildman–Crippen LogP) is 3.06. The molecule has 1 amide bonds. The molecule has 1 saturated heterocycles. The molecule has 0 bridgehead atoms. The monoisotopic (exact) mass is 406 g/mol. The van der Waals surface area contributed by atoms with Crippen LogP contribution in [0, 0.1) is 6.92 Å². The topological polar surface area (TPSA) is 66.5 Å². The smallest absolute Gasteiger partial charge is 0.231 e. The summed E-state index contributed by atoms with van der Waals surface area (Å²) in [6.07, 6.45) is 0.983. The number of nitrogens with one attached hydrogen (secondary N) is 1. The fraction of sp³-hybridized carbons (Fsp3) is 0.450. The summed E-state index contributed by atoms with van der Waals surface area (Å²) in [5.41, 5.74) is 1.45. The highest BCUT2D eigenvalue weighted by molar-refractivity contribution is 7.89. The minimum atomic E-state index is -3.23. The van der Waals surface area contributed by atoms with Crippen LogP contribution in [0.1, 0.15) is 35.8 Å². The number of rotatable bonds is 6. The Balaban J connectivity index is 1.82. The molecule has 5 nitrogen and oxygen atoms in total. The molecule has 0 spiro atoms. The van der Waals surface area contributed by atoms with Crippen LogP contribution in [0.15, 0.2) is 41.8 Å². The summed E-state index contributed by atoms with van der Waals surface area (Å²) in [6.45, 7) is 4.95. The number of benzene rings is 1. The molecule has 1 aliphatic rings. The van der Waals surface area contributed by atoms with Crippen LogP contribution in [0.4, 0.5) is 0 Å². The molecule has 1 aromatic heterocycles. The highest BCUT2D eigenvalue weighted by atomic mass is 32.2. The van der Waals surface area contributed by atoms with E-state index in [-0.39, 0.29) is 11.7 Å². The maximum atomic E-state index is 13.3. The van der Waals surface area contributed by atoms with Gasteiger partial charge in [0.15, 0.2) is 0 Å². The summed E-state index contributed by atoms with van der Waals surface area (Å²) in [7, 11) is -3.23. The first-order valence-electron chi connectivity index (χ1n) is 9.24. The van der Waals surface area contributed by atoms with Gasteiger partial charge in [0.2, 0.25) is 15.9 Å². The van der Waals surface area contributed by atoms with Gasteiger partial charge in [-0.05, 0) is 49.3 Å². The van der Waals surface area contributed by atoms with Gasteiger partial charge in [-0.1, -0.05) is 30.3 Å². The minimum Gasteiger partial charge on any atom is -0.350 e. The number of nitrogens with zero attached hydrogens (tertiary/aromatic N) is 1. The minimum absolute atomic E-state index is 0.0185. The molecule has 1 aliphatic heterocycles. The maximum absolute atomic E-state index is 13.3. The van der Waals surface area contributed by atoms with Crippen molar-refractivity contribution in [3.63, 3.8) is 0 Å². The number of amides is 1. The van der Waals surface area contributed by atoms with Crippen molar-refractivity contribution in [1.29, 1.82) is 0 Å². The number of aryl methyl sites for hydroxylation is 1. The molecule has 1 aromatic carbocycles. The summed E-state index contributed by atoms with van der Waals surface area (Å²) < 4.78 is 26.0. The maximum Gasteiger partial charge on any atom is 0.231 e. The molecule has 146 valence electrons. The van der Waals surface area contributed by atoms with Gasteiger partial charge in [-0.25, -0.2) is 12.7 Å². The number of thiophene rings is 1. The lowest BCUT2D eigenvalue weighted by Gasteiger charge is -2.40. The fourth-order valence-electron chi connectivity index (χ4n) is 3.65. The van der Waals surface area contributed by atoms with E-state index in [2.05, 4.69) is 5.32 Å². The van der Waals surface area contributed by atoms with E-state index in [1.807, 2.05) is 48.7 Å². The van der Waals surface area contributed by atoms with Crippen molar-refractivity contribution in [2.45, 2.75) is 38.6 Å². The van der Waals surface area contributed by atoms with Crippen molar-refractivity contribution < 1.29 is 13.2 Å². The van der Waals surface area contributed by atoms with E-state index in [1.54, 1.807) is 18.3 Å². The lowest BCUT2D eigenvalue weighted by Crippen LogP contribution is -2.52. The molecule has 2 aromatic rings. The van der Waals surface area contributed by atoms with E-state index < -0.39 is 15.4 Å². The Morgan fingerprint density at radius 1 is 1.19 bits per heavy atom. The molecule has 2 heterocycles. The zero-order chi connectivity index (χ0) is 19.5. The largest absolute Gasteiger partial charge is 0.350 e. The molecule has 0 aliphatic carbocycles. The van der Waals surface area contributed by atoms with Crippen molar-refractivity contribution in [3.8, 4) is 0 Å². The highest BCUT2D eigenvalue weighted by Gasteiger charge is 2.44. The summed E-state index contributed by atoms with van der Waals surface area (Å²) >= 11 is 1.64. The Labute approximate surface area is 165 Å². The Kier molecular flexibility index (Phi) is 6.03. The van der Waals surface area contributed by atoms with Crippen LogP contribution in [0.3, 0.4) is 0 Å². The SMILES string of the molecule is CCS(=O)(=O)N1CCC(C(=O)NCc2sccc2C)(c2ccccc2)CC1. The van der Waals surface area contributed by atoms with Gasteiger partial charge in [-0.15, -0.1) is 11.3 Å². The number of carbonyl (C=O) groups excluding carboxylic acids is 1. The second-order valence-corrected chi connectivity index (χ2v) is 10.2. The van der Waals surface area contributed by atoms with Crippen molar-refractivity contribution >= 4 is 27.3 Å². The predicted molar refractivity (Wildman–Crippen MR) is 109 cm³/mol. The second kappa shape index (κ2) is 8.12. The molecule has 0 unspecified atom stereocenters. The van der Waals surface area contributed by atoms with Crippen molar-refractivity contribution in [2.24, 2.45) is 0 Å². The Morgan fingerprint density at radius 3 is 2.41 bits per heavy atom. The summed E-state index contributed by atoms with van der Waals surface area (Å²) in [5, 5.41) is 5.13. The lowest BCUT2D eigenvalue weighted by molar-refractivity contribution is -0.128. The fourth-order valence-corrected chi connectivity index (χ4v) is 5.60. The van der Waals surface area contributed by atoms with Gasteiger partial charge in [0, 0.05) is 18.0 Å². The Hall–Kier alpha value is -1.70. The molecule has 0 radical (unpaired) electrons. The third kappa shape index (κ3) is 4.10. The molecule has 1 fully saturated rings. The third-order valence-corrected chi connectivity index (χ3v) is 8.38. The summed E-state index contributed by atoms with van der Waals surface area (Å²) in [4.78, 5) is 14.4. The molecular weight excluding hydrogens is 380 g/mol. The first kappa shape index (κ1) is 20.0. The Bertz CT molecular complexity index is 883. The highest BCUT2D eigenvalue weighted by Crippen LogP contribution is 2.37. The van der Waals surface area contributed by atoms with Crippen molar-refractivity contribution in [1.82, 2.24) is 9.62 Å². The summed E-state index contributed by atoms with van der Waals surface area (Å²) in [5.74, 6) is 0.0740. The van der Waals surface area contributed by atoms with E-state index in [0.717, 1.165) is 10.4 Å². The molecular formula is C20H26N2O3S2. The number of piperidine rings is 1. The molecule has 0 saturated carbocycles. The zero-order valence-corrected chi connectivity index (χ0v) is 17.4. The standard InChI is InChI=1S/C20H26N2O3S2/c1-3-27(24,25)22-12-10-20(11-13-22,17-7-5-4-6-8-17)19(23)21-15-18-16(2)9-14-26-18/h4-9,14H,3,10-13,15H2,1-2H3,(H,21,23). The van der Waals surface area contributed by atoms with Crippen LogP contribution >= 0.6 is 11.3 Å². The van der Waals surface area contributed by atoms with Gasteiger partial charge >= 0.3 is 0 Å². The molecule has 0 atom stereocenters. The molecule has 7 heteroatoms. The van der Waals surface area contributed by atoms with Crippen LogP contribution in [0.2, 0.25) is 0 Å². The molecule has 3 rings (SSSR count). The van der Waals surface area contributed by atoms with Gasteiger partial charge in [0.25, 0.3) is 0 Å². The average Bonchev–Trinajstić information content (AvgIpc) is 3.11. The van der Waals surface area contributed by atoms with Crippen LogP contribution in [0.5, 0.6) is 0 Å². The number of carbonyl (C=O) groups is 1. The van der Waals surface area contributed by atoms with Gasteiger partial charge in [-0.2, -0.15) is 0 Å². The number of sulfonamides is 1. The quantitative estimate of drug-likeness (QED) is 0.802. The van der Waals surface area contributed by atoms with E-state index in [9.17, 15) is 13.2 Å². The van der Waals surface area contributed by atoms with Gasteiger partial charge in [-0.3, -0.25) is 4.79 Å². The number of hydrogen-bond acceptors (Lipinski definition) is 4. The van der Waals surface area contributed by atoms with E-state index >= 15 is 0 Å². The molecule has 27 heavy (non-hydrogen) atoms. The van der Waals surface area contributed by atoms with Crippen LogP contribution in [-0.2, 0) is 26.8 Å². The van der Waals surface area contributed by atoms with Gasteiger partial charge in [0.05, 0.1) is 17.7 Å². The third-order valence-electron chi connectivity index (χ3n) is 5.47. The summed E-state index contributed by atoms with van der Waals surface area (Å²) in [6, 6.07) is 11.8. The van der Waals surface area contributed by atoms with Crippen molar-refractivity contribution in [2.75, 3.05) is 18.8 Å². The van der Waals surface area contributed by atoms with Gasteiger partial charge < -0.3 is 5.32 Å². The zero-order valence-electron chi connectivity index (χ0n) is 15.8. The molecule has 1 N–H and O–H groups in total. The lowest BCUT2D eigenvalue weighted by atomic mass is 9.72. The van der Waals surface area contributed by atoms with Gasteiger partial charge in [0.1, 0.15) is 0 Å². The van der Waals surface area contributed by atoms with Crippen LogP contribution < -0.4 is 5.32 Å². The second-order valence-electron chi connectivity index (χ2n) is 6.96.